The van der Waals surface area contributed by atoms with Crippen LogP contribution in [-0.2, 0) is 21.1 Å². The van der Waals surface area contributed by atoms with Crippen LogP contribution in [0.15, 0.2) is 121 Å². The summed E-state index contributed by atoms with van der Waals surface area (Å²) >= 11 is 0. The first-order valence-corrected chi connectivity index (χ1v) is 23.5. The fourth-order valence-corrected chi connectivity index (χ4v) is 10.6. The summed E-state index contributed by atoms with van der Waals surface area (Å²) in [4.78, 5) is 18.1. The molecule has 13 rings (SSSR count). The van der Waals surface area contributed by atoms with E-state index in [1.165, 1.54) is 72.8 Å². The molecule has 0 unspecified atom stereocenters. The number of benzene rings is 8. The first kappa shape index (κ1) is 52.7. The van der Waals surface area contributed by atoms with Gasteiger partial charge in [-0.1, -0.05) is 121 Å². The van der Waals surface area contributed by atoms with E-state index >= 15 is 70.2 Å². The summed E-state index contributed by atoms with van der Waals surface area (Å²) < 4.78 is 266. The van der Waals surface area contributed by atoms with Gasteiger partial charge in [0.2, 0.25) is 0 Å². The summed E-state index contributed by atoms with van der Waals surface area (Å²) in [7, 11) is 0. The summed E-state index contributed by atoms with van der Waals surface area (Å²) in [5.74, 6) is -38.0. The second-order valence-corrected chi connectivity index (χ2v) is 18.2. The first-order chi connectivity index (χ1) is 38.4. The maximum atomic E-state index is 17.2. The Labute approximate surface area is 456 Å². The summed E-state index contributed by atoms with van der Waals surface area (Å²) in [6, 6.07) is 25.0. The second kappa shape index (κ2) is 19.1. The molecule has 2 aliphatic heterocycles. The summed E-state index contributed by atoms with van der Waals surface area (Å²) in [6.07, 6.45) is 0. The maximum absolute atomic E-state index is 17.2. The molecule has 81 heavy (non-hydrogen) atoms. The number of nitrogens with zero attached hydrogens (tertiary/aromatic N) is 4. The van der Waals surface area contributed by atoms with E-state index in [0.29, 0.717) is 0 Å². The molecule has 0 spiro atoms. The molecule has 4 nitrogen and oxygen atoms in total. The molecule has 3 aliphatic rings. The summed E-state index contributed by atoms with van der Waals surface area (Å²) in [6.45, 7) is 0. The van der Waals surface area contributed by atoms with Gasteiger partial charge in [0.1, 0.15) is 0 Å². The molecule has 0 amide bonds. The molecule has 0 atom stereocenters. The van der Waals surface area contributed by atoms with E-state index < -0.39 is 204 Å². The number of halogens is 16. The van der Waals surface area contributed by atoms with Crippen LogP contribution in [0.2, 0.25) is 0 Å². The van der Waals surface area contributed by atoms with E-state index in [4.69, 9.17) is 0 Å². The van der Waals surface area contributed by atoms with Crippen molar-refractivity contribution in [3.05, 3.63) is 214 Å². The van der Waals surface area contributed by atoms with E-state index in [0.717, 1.165) is 48.5 Å². The standard InChI is InChI=1S/C60H20F16N4.Pt/c61-37-29-31(39(63)47(71)45(37)69)55-26(22-15-7-2-8-16-22)57-33-35(43(67)51(75)49(73)41(33)65)59(79-57)28(24-19-11-4-12-20-24)60-36-34(42(66)50(74)52(76)44(36)68)58(80-60)27(23-17-9-3-10-18-23)56-32-30(38(62)46(70)48(72)40(32)64)54(78-56)25(53(29)77-55)21-13-5-1-6-14-21;/h1-20H;/q-2;+2. The smallest absolute Gasteiger partial charge is 0.656 e. The molecule has 0 saturated carbocycles. The van der Waals surface area contributed by atoms with Crippen molar-refractivity contribution in [2.75, 3.05) is 0 Å². The van der Waals surface area contributed by atoms with Gasteiger partial charge in [0.25, 0.3) is 0 Å². The average molecular weight is 1300 g/mol. The van der Waals surface area contributed by atoms with E-state index in [1.807, 2.05) is 0 Å². The molecule has 402 valence electrons. The predicted octanol–water partition coefficient (Wildman–Crippen LogP) is 17.4. The van der Waals surface area contributed by atoms with Gasteiger partial charge >= 0.3 is 21.1 Å². The minimum Gasteiger partial charge on any atom is -0.656 e. The van der Waals surface area contributed by atoms with Crippen LogP contribution >= 0.6 is 0 Å². The maximum Gasteiger partial charge on any atom is 2.00 e. The van der Waals surface area contributed by atoms with Crippen LogP contribution in [0.1, 0.15) is 0 Å². The van der Waals surface area contributed by atoms with Crippen LogP contribution in [0.25, 0.3) is 133 Å². The molecule has 4 heterocycles. The van der Waals surface area contributed by atoms with Crippen LogP contribution < -0.4 is 9.97 Å². The van der Waals surface area contributed by atoms with Gasteiger partial charge in [-0.25, -0.2) is 80.2 Å². The Balaban J connectivity index is 0.00000651. The third kappa shape index (κ3) is 7.30. The quantitative estimate of drug-likeness (QED) is 0.100. The molecule has 2 aromatic heterocycles. The Morgan fingerprint density at radius 2 is 0.383 bits per heavy atom. The Bertz CT molecular complexity index is 4170. The monoisotopic (exact) mass is 1300 g/mol. The third-order valence-corrected chi connectivity index (χ3v) is 14.0. The van der Waals surface area contributed by atoms with Crippen molar-refractivity contribution < 1.29 is 91.3 Å². The average Bonchev–Trinajstić information content (AvgIpc) is 4.42. The van der Waals surface area contributed by atoms with Crippen LogP contribution in [0.3, 0.4) is 0 Å². The Kier molecular flexibility index (Phi) is 12.4. The molecular weight excluding hydrogens is 1280 g/mol. The van der Waals surface area contributed by atoms with Crippen molar-refractivity contribution in [3.63, 3.8) is 0 Å². The molecule has 0 saturated heterocycles. The van der Waals surface area contributed by atoms with Crippen molar-refractivity contribution in [1.29, 1.82) is 0 Å². The fourth-order valence-electron chi connectivity index (χ4n) is 10.6. The molecule has 1 aliphatic carbocycles. The van der Waals surface area contributed by atoms with Crippen LogP contribution in [0.5, 0.6) is 0 Å². The molecule has 0 N–H and O–H groups in total. The van der Waals surface area contributed by atoms with Crippen LogP contribution in [0, 0.1) is 93.1 Å². The van der Waals surface area contributed by atoms with Gasteiger partial charge in [0.05, 0.1) is 45.0 Å². The molecule has 0 radical (unpaired) electrons. The van der Waals surface area contributed by atoms with Gasteiger partial charge in [-0.2, -0.15) is 0 Å². The third-order valence-electron chi connectivity index (χ3n) is 14.0. The number of rotatable bonds is 4. The van der Waals surface area contributed by atoms with Gasteiger partial charge in [-0.15, -0.1) is 22.1 Å². The van der Waals surface area contributed by atoms with Crippen molar-refractivity contribution in [1.82, 2.24) is 19.9 Å². The van der Waals surface area contributed by atoms with Crippen molar-refractivity contribution >= 4 is 43.6 Å². The van der Waals surface area contributed by atoms with Crippen molar-refractivity contribution in [2.45, 2.75) is 0 Å². The van der Waals surface area contributed by atoms with E-state index in [-0.39, 0.29) is 43.3 Å². The van der Waals surface area contributed by atoms with Crippen LogP contribution in [-0.4, -0.2) is 9.97 Å². The second-order valence-electron chi connectivity index (χ2n) is 18.2. The largest absolute Gasteiger partial charge is 2.00 e. The summed E-state index contributed by atoms with van der Waals surface area (Å²) in [5.41, 5.74) is -19.1. The Hall–Kier alpha value is -9.03. The van der Waals surface area contributed by atoms with Gasteiger partial charge in [0, 0.05) is 21.5 Å². The molecule has 8 bridgehead atoms. The Morgan fingerprint density at radius 1 is 0.210 bits per heavy atom. The van der Waals surface area contributed by atoms with E-state index in [9.17, 15) is 0 Å². The van der Waals surface area contributed by atoms with Crippen LogP contribution in [0.4, 0.5) is 70.2 Å². The minimum atomic E-state index is -2.50. The molecule has 10 aromatic rings. The van der Waals surface area contributed by atoms with Crippen molar-refractivity contribution in [3.8, 4) is 89.5 Å². The fraction of sp³-hybridized carbons (Fsp3) is 0. The van der Waals surface area contributed by atoms with E-state index in [2.05, 4.69) is 19.9 Å². The summed E-state index contributed by atoms with van der Waals surface area (Å²) in [5, 5.41) is -5.44. The zero-order chi connectivity index (χ0) is 56.1. The topological polar surface area (TPSA) is 54.0 Å². The van der Waals surface area contributed by atoms with Gasteiger partial charge < -0.3 is 9.97 Å². The SMILES string of the molecule is Fc1c(F)c(F)c2c(c1F)-c1nc-2c(-c2ccccc2)c2[n-]c(c(-c3ccccc3)c3nc(c(-c4ccccc4)c4[n-]c(c1-c1ccccc1)c1c(F)c(F)c(F)c(F)c41)-c1c(F)c(F)c(F)c(F)c1-3)c1c(F)c(F)c(F)c(F)c21.[Pt+2]. The predicted molar refractivity (Wildman–Crippen MR) is 264 cm³/mol. The number of hydrogen-bond donors (Lipinski definition) is 0. The number of hydrogen-bond acceptors (Lipinski definition) is 2. The molecular formula is C60H20F16N4Pt. The molecule has 21 heteroatoms. The zero-order valence-electron chi connectivity index (χ0n) is 39.7. The van der Waals surface area contributed by atoms with Crippen molar-refractivity contribution in [2.24, 2.45) is 0 Å². The minimum absolute atomic E-state index is 0. The number of aromatic nitrogens is 4. The molecule has 0 fully saturated rings. The van der Waals surface area contributed by atoms with E-state index in [1.54, 1.807) is 0 Å². The van der Waals surface area contributed by atoms with Gasteiger partial charge in [-0.3, -0.25) is 0 Å². The first-order valence-electron chi connectivity index (χ1n) is 23.5. The zero-order valence-corrected chi connectivity index (χ0v) is 42.0. The van der Waals surface area contributed by atoms with Gasteiger partial charge in [0.15, 0.2) is 93.1 Å². The van der Waals surface area contributed by atoms with Gasteiger partial charge in [-0.05, 0) is 44.5 Å². The Morgan fingerprint density at radius 3 is 0.568 bits per heavy atom. The molecule has 8 aromatic carbocycles. The normalized spacial score (nSPS) is 11.9.